The van der Waals surface area contributed by atoms with Gasteiger partial charge in [0.2, 0.25) is 0 Å². The first-order valence-corrected chi connectivity index (χ1v) is 4.07. The zero-order chi connectivity index (χ0) is 10.1. The van der Waals surface area contributed by atoms with Gasteiger partial charge in [0.05, 0.1) is 6.20 Å². The molecule has 6 heteroatoms. The highest BCUT2D eigenvalue weighted by Crippen LogP contribution is 2.21. The van der Waals surface area contributed by atoms with Crippen LogP contribution >= 0.6 is 11.6 Å². The normalized spacial score (nSPS) is 10.4. The van der Waals surface area contributed by atoms with Crippen molar-refractivity contribution >= 4 is 28.5 Å². The van der Waals surface area contributed by atoms with Crippen LogP contribution < -0.4 is 0 Å². The Labute approximate surface area is 83.4 Å². The highest BCUT2D eigenvalue weighted by Gasteiger charge is 2.12. The highest BCUT2D eigenvalue weighted by atomic mass is 35.5. The molecule has 2 rings (SSSR count). The smallest absolute Gasteiger partial charge is 0.339 e. The monoisotopic (exact) mass is 209 g/mol. The van der Waals surface area contributed by atoms with Crippen LogP contribution in [0.5, 0.6) is 0 Å². The maximum absolute atomic E-state index is 10.8. The van der Waals surface area contributed by atoms with E-state index in [1.807, 2.05) is 0 Å². The summed E-state index contributed by atoms with van der Waals surface area (Å²) in [5.41, 5.74) is 0.248. The largest absolute Gasteiger partial charge is 0.478 e. The third-order valence-electron chi connectivity index (χ3n) is 1.74. The number of hydrogen-bond acceptors (Lipinski definition) is 4. The van der Waals surface area contributed by atoms with Crippen LogP contribution in [0.1, 0.15) is 10.4 Å². The van der Waals surface area contributed by atoms with Crippen molar-refractivity contribution in [1.82, 2.24) is 15.2 Å². The summed E-state index contributed by atoms with van der Waals surface area (Å²) in [5, 5.41) is 16.8. The number of fused-ring (bicyclic) bond motifs is 1. The first-order valence-electron chi connectivity index (χ1n) is 3.69. The van der Waals surface area contributed by atoms with Crippen LogP contribution in [0.4, 0.5) is 0 Å². The summed E-state index contributed by atoms with van der Waals surface area (Å²) in [4.78, 5) is 14.5. The molecule has 2 aromatic rings. The molecule has 0 atom stereocenters. The van der Waals surface area contributed by atoms with Crippen molar-refractivity contribution in [3.63, 3.8) is 0 Å². The number of carboxylic acid groups (broad SMARTS) is 1. The summed E-state index contributed by atoms with van der Waals surface area (Å²) < 4.78 is 0. The molecule has 0 aliphatic carbocycles. The molecule has 2 heterocycles. The fourth-order valence-corrected chi connectivity index (χ4v) is 1.31. The SMILES string of the molecule is O=C(O)c1cnc(Cl)c2ccnnc12. The number of aromatic carboxylic acids is 1. The molecule has 70 valence electrons. The lowest BCUT2D eigenvalue weighted by molar-refractivity contribution is 0.0698. The van der Waals surface area contributed by atoms with Crippen molar-refractivity contribution in [2.45, 2.75) is 0 Å². The number of carbonyl (C=O) groups is 1. The zero-order valence-corrected chi connectivity index (χ0v) is 7.56. The van der Waals surface area contributed by atoms with Gasteiger partial charge in [-0.1, -0.05) is 11.6 Å². The predicted molar refractivity (Wildman–Crippen MR) is 49.3 cm³/mol. The summed E-state index contributed by atoms with van der Waals surface area (Å²) in [6, 6.07) is 1.57. The van der Waals surface area contributed by atoms with Gasteiger partial charge in [0.25, 0.3) is 0 Å². The molecule has 2 aromatic heterocycles. The Balaban J connectivity index is 2.88. The minimum absolute atomic E-state index is 0.00231. The Morgan fingerprint density at radius 1 is 1.50 bits per heavy atom. The first-order chi connectivity index (χ1) is 6.70. The van der Waals surface area contributed by atoms with Crippen LogP contribution in [0.3, 0.4) is 0 Å². The number of carboxylic acids is 1. The second-order valence-electron chi connectivity index (χ2n) is 2.56. The summed E-state index contributed by atoms with van der Waals surface area (Å²) in [7, 11) is 0. The summed E-state index contributed by atoms with van der Waals surface area (Å²) in [6.45, 7) is 0. The molecule has 0 aliphatic heterocycles. The van der Waals surface area contributed by atoms with Gasteiger partial charge in [0, 0.05) is 11.6 Å². The van der Waals surface area contributed by atoms with Gasteiger partial charge >= 0.3 is 5.97 Å². The molecule has 5 nitrogen and oxygen atoms in total. The molecular weight excluding hydrogens is 206 g/mol. The maximum Gasteiger partial charge on any atom is 0.339 e. The highest BCUT2D eigenvalue weighted by molar-refractivity contribution is 6.34. The Morgan fingerprint density at radius 2 is 2.29 bits per heavy atom. The third-order valence-corrected chi connectivity index (χ3v) is 2.04. The standard InChI is InChI=1S/C8H4ClN3O2/c9-7-4-1-2-11-12-6(4)5(3-10-7)8(13)14/h1-3H,(H,13,14). The molecule has 0 aromatic carbocycles. The van der Waals surface area contributed by atoms with Gasteiger partial charge < -0.3 is 5.11 Å². The molecule has 0 unspecified atom stereocenters. The fraction of sp³-hybridized carbons (Fsp3) is 0. The fourth-order valence-electron chi connectivity index (χ4n) is 1.11. The molecule has 0 saturated heterocycles. The van der Waals surface area contributed by atoms with Gasteiger partial charge in [0.1, 0.15) is 16.2 Å². The molecule has 1 N–H and O–H groups in total. The van der Waals surface area contributed by atoms with Crippen molar-refractivity contribution in [2.75, 3.05) is 0 Å². The Morgan fingerprint density at radius 3 is 3.00 bits per heavy atom. The second kappa shape index (κ2) is 3.19. The van der Waals surface area contributed by atoms with E-state index in [2.05, 4.69) is 15.2 Å². The molecule has 0 amide bonds. The van der Waals surface area contributed by atoms with Crippen molar-refractivity contribution in [3.8, 4) is 0 Å². The Kier molecular flexibility index (Phi) is 2.01. The van der Waals surface area contributed by atoms with E-state index < -0.39 is 5.97 Å². The van der Waals surface area contributed by atoms with Gasteiger partial charge in [-0.2, -0.15) is 5.10 Å². The summed E-state index contributed by atoms with van der Waals surface area (Å²) >= 11 is 5.76. The van der Waals surface area contributed by atoms with Crippen LogP contribution in [0.2, 0.25) is 5.15 Å². The third kappa shape index (κ3) is 1.27. The predicted octanol–water partition coefficient (Wildman–Crippen LogP) is 1.38. The second-order valence-corrected chi connectivity index (χ2v) is 2.92. The van der Waals surface area contributed by atoms with Crippen LogP contribution in [-0.2, 0) is 0 Å². The van der Waals surface area contributed by atoms with Crippen LogP contribution in [0.15, 0.2) is 18.5 Å². The average molecular weight is 210 g/mol. The van der Waals surface area contributed by atoms with Gasteiger partial charge in [-0.05, 0) is 6.07 Å². The molecule has 0 fully saturated rings. The van der Waals surface area contributed by atoms with E-state index in [0.717, 1.165) is 0 Å². The summed E-state index contributed by atoms with van der Waals surface area (Å²) in [5.74, 6) is -1.10. The minimum Gasteiger partial charge on any atom is -0.478 e. The number of nitrogens with zero attached hydrogens (tertiary/aromatic N) is 3. The van der Waals surface area contributed by atoms with Crippen molar-refractivity contribution in [1.29, 1.82) is 0 Å². The zero-order valence-electron chi connectivity index (χ0n) is 6.81. The van der Waals surface area contributed by atoms with Gasteiger partial charge in [-0.15, -0.1) is 5.10 Å². The van der Waals surface area contributed by atoms with E-state index in [1.54, 1.807) is 6.07 Å². The van der Waals surface area contributed by atoms with E-state index in [4.69, 9.17) is 16.7 Å². The number of pyridine rings is 1. The van der Waals surface area contributed by atoms with E-state index in [0.29, 0.717) is 5.39 Å². The van der Waals surface area contributed by atoms with E-state index >= 15 is 0 Å². The van der Waals surface area contributed by atoms with Gasteiger partial charge in [0.15, 0.2) is 0 Å². The lowest BCUT2D eigenvalue weighted by Gasteiger charge is -2.00. The minimum atomic E-state index is -1.10. The lowest BCUT2D eigenvalue weighted by Crippen LogP contribution is -2.01. The molecular formula is C8H4ClN3O2. The Hall–Kier alpha value is -1.75. The Bertz CT molecular complexity index is 515. The number of hydrogen-bond donors (Lipinski definition) is 1. The van der Waals surface area contributed by atoms with Crippen molar-refractivity contribution in [3.05, 3.63) is 29.2 Å². The van der Waals surface area contributed by atoms with Crippen LogP contribution in [0.25, 0.3) is 10.9 Å². The first kappa shape index (κ1) is 8.83. The lowest BCUT2D eigenvalue weighted by atomic mass is 10.2. The van der Waals surface area contributed by atoms with E-state index in [-0.39, 0.29) is 16.2 Å². The topological polar surface area (TPSA) is 76.0 Å². The molecule has 0 bridgehead atoms. The number of aromatic nitrogens is 3. The number of rotatable bonds is 1. The molecule has 0 aliphatic rings. The van der Waals surface area contributed by atoms with Crippen molar-refractivity contribution in [2.24, 2.45) is 0 Å². The average Bonchev–Trinajstić information content (AvgIpc) is 2.18. The van der Waals surface area contributed by atoms with Gasteiger partial charge in [-0.3, -0.25) is 0 Å². The van der Waals surface area contributed by atoms with E-state index in [1.165, 1.54) is 12.4 Å². The van der Waals surface area contributed by atoms with Gasteiger partial charge in [-0.25, -0.2) is 9.78 Å². The summed E-state index contributed by atoms with van der Waals surface area (Å²) in [6.07, 6.45) is 2.60. The quantitative estimate of drug-likeness (QED) is 0.718. The molecule has 0 radical (unpaired) electrons. The van der Waals surface area contributed by atoms with E-state index in [9.17, 15) is 4.79 Å². The molecule has 0 spiro atoms. The maximum atomic E-state index is 10.8. The molecule has 0 saturated carbocycles. The molecule has 14 heavy (non-hydrogen) atoms. The van der Waals surface area contributed by atoms with Crippen molar-refractivity contribution < 1.29 is 9.90 Å². The van der Waals surface area contributed by atoms with Crippen LogP contribution in [0, 0.1) is 0 Å². The number of halogens is 1. The van der Waals surface area contributed by atoms with Crippen LogP contribution in [-0.4, -0.2) is 26.3 Å².